The third-order valence-electron chi connectivity index (χ3n) is 3.70. The van der Waals surface area contributed by atoms with Crippen molar-refractivity contribution >= 4 is 0 Å². The van der Waals surface area contributed by atoms with Gasteiger partial charge in [0, 0.05) is 31.9 Å². The third kappa shape index (κ3) is 3.94. The van der Waals surface area contributed by atoms with Crippen LogP contribution in [0.2, 0.25) is 0 Å². The maximum Gasteiger partial charge on any atom is 0.108 e. The maximum absolute atomic E-state index is 4.50. The Kier molecular flexibility index (Phi) is 5.81. The normalized spacial score (nSPS) is 12.5. The lowest BCUT2D eigenvalue weighted by Crippen LogP contribution is -2.18. The summed E-state index contributed by atoms with van der Waals surface area (Å²) in [6.07, 6.45) is 7.33. The molecule has 20 heavy (non-hydrogen) atoms. The van der Waals surface area contributed by atoms with Gasteiger partial charge >= 0.3 is 0 Å². The van der Waals surface area contributed by atoms with Crippen molar-refractivity contribution in [2.75, 3.05) is 13.6 Å². The van der Waals surface area contributed by atoms with Crippen LogP contribution in [0.15, 0.2) is 42.7 Å². The largest absolute Gasteiger partial charge is 0.335 e. The summed E-state index contributed by atoms with van der Waals surface area (Å²) in [5.74, 6) is 1.76. The molecular formula is C17H25N3. The van der Waals surface area contributed by atoms with Gasteiger partial charge in [0.25, 0.3) is 0 Å². The molecule has 0 saturated carbocycles. The minimum absolute atomic E-state index is 0.549. The molecule has 0 radical (unpaired) electrons. The van der Waals surface area contributed by atoms with Gasteiger partial charge < -0.3 is 9.88 Å². The molecule has 1 aromatic heterocycles. The van der Waals surface area contributed by atoms with Gasteiger partial charge in [-0.2, -0.15) is 0 Å². The molecule has 1 N–H and O–H groups in total. The fourth-order valence-electron chi connectivity index (χ4n) is 2.67. The van der Waals surface area contributed by atoms with Gasteiger partial charge in [0.2, 0.25) is 0 Å². The highest BCUT2D eigenvalue weighted by Crippen LogP contribution is 2.20. The van der Waals surface area contributed by atoms with Crippen LogP contribution >= 0.6 is 0 Å². The van der Waals surface area contributed by atoms with Crippen molar-refractivity contribution in [2.24, 2.45) is 0 Å². The molecule has 0 amide bonds. The highest BCUT2D eigenvalue weighted by molar-refractivity contribution is 5.20. The minimum Gasteiger partial charge on any atom is -0.335 e. The molecule has 0 fully saturated rings. The number of hydrogen-bond donors (Lipinski definition) is 1. The smallest absolute Gasteiger partial charge is 0.108 e. The maximum atomic E-state index is 4.50. The molecule has 0 aliphatic heterocycles. The van der Waals surface area contributed by atoms with E-state index in [1.165, 1.54) is 11.4 Å². The molecule has 1 unspecified atom stereocenters. The lowest BCUT2D eigenvalue weighted by molar-refractivity contribution is 0.554. The molecule has 2 aromatic rings. The molecule has 0 aliphatic rings. The average molecular weight is 271 g/mol. The van der Waals surface area contributed by atoms with Gasteiger partial charge in [0.05, 0.1) is 0 Å². The number of rotatable bonds is 8. The number of nitrogens with one attached hydrogen (secondary N) is 1. The molecule has 0 bridgehead atoms. The quantitative estimate of drug-likeness (QED) is 0.799. The second kappa shape index (κ2) is 7.85. The predicted molar refractivity (Wildman–Crippen MR) is 83.9 cm³/mol. The van der Waals surface area contributed by atoms with Gasteiger partial charge in [-0.25, -0.2) is 4.98 Å². The molecule has 1 atom stereocenters. The molecule has 2 rings (SSSR count). The van der Waals surface area contributed by atoms with Gasteiger partial charge in [-0.15, -0.1) is 0 Å². The molecule has 108 valence electrons. The van der Waals surface area contributed by atoms with E-state index in [4.69, 9.17) is 0 Å². The zero-order valence-corrected chi connectivity index (χ0v) is 12.5. The van der Waals surface area contributed by atoms with Crippen LogP contribution in [0.4, 0.5) is 0 Å². The molecule has 3 nitrogen and oxygen atoms in total. The highest BCUT2D eigenvalue weighted by Gasteiger charge is 2.12. The van der Waals surface area contributed by atoms with Gasteiger partial charge in [0.15, 0.2) is 0 Å². The summed E-state index contributed by atoms with van der Waals surface area (Å²) in [5.41, 5.74) is 1.41. The van der Waals surface area contributed by atoms with Crippen molar-refractivity contribution in [2.45, 2.75) is 38.6 Å². The van der Waals surface area contributed by atoms with Crippen molar-refractivity contribution in [1.82, 2.24) is 14.9 Å². The van der Waals surface area contributed by atoms with E-state index in [0.717, 1.165) is 32.4 Å². The Hall–Kier alpha value is -1.61. The van der Waals surface area contributed by atoms with Crippen molar-refractivity contribution in [3.8, 4) is 0 Å². The monoisotopic (exact) mass is 271 g/mol. The summed E-state index contributed by atoms with van der Waals surface area (Å²) < 4.78 is 2.28. The summed E-state index contributed by atoms with van der Waals surface area (Å²) in [5, 5.41) is 3.31. The van der Waals surface area contributed by atoms with Crippen molar-refractivity contribution in [3.05, 3.63) is 54.1 Å². The van der Waals surface area contributed by atoms with Crippen LogP contribution in [0.1, 0.15) is 37.1 Å². The van der Waals surface area contributed by atoms with Crippen molar-refractivity contribution < 1.29 is 0 Å². The fourth-order valence-corrected chi connectivity index (χ4v) is 2.67. The summed E-state index contributed by atoms with van der Waals surface area (Å²) in [7, 11) is 2.02. The number of nitrogens with zero attached hydrogens (tertiary/aromatic N) is 2. The zero-order valence-electron chi connectivity index (χ0n) is 12.5. The van der Waals surface area contributed by atoms with Crippen molar-refractivity contribution in [1.29, 1.82) is 0 Å². The lowest BCUT2D eigenvalue weighted by Gasteiger charge is -2.17. The lowest BCUT2D eigenvalue weighted by atomic mass is 9.94. The van der Waals surface area contributed by atoms with Gasteiger partial charge in [-0.1, -0.05) is 37.3 Å². The number of benzene rings is 1. The number of aryl methyl sites for hydroxylation is 2. The van der Waals surface area contributed by atoms with E-state index in [-0.39, 0.29) is 0 Å². The zero-order chi connectivity index (χ0) is 14.2. The third-order valence-corrected chi connectivity index (χ3v) is 3.70. The van der Waals surface area contributed by atoms with E-state index in [0.29, 0.717) is 5.92 Å². The first-order valence-corrected chi connectivity index (χ1v) is 7.54. The number of aromatic nitrogens is 2. The Bertz CT molecular complexity index is 490. The van der Waals surface area contributed by atoms with Crippen LogP contribution in [-0.4, -0.2) is 23.1 Å². The highest BCUT2D eigenvalue weighted by atomic mass is 15.1. The van der Waals surface area contributed by atoms with E-state index in [9.17, 15) is 0 Å². The molecule has 0 saturated heterocycles. The van der Waals surface area contributed by atoms with Gasteiger partial charge in [-0.3, -0.25) is 0 Å². The van der Waals surface area contributed by atoms with Crippen LogP contribution in [0.5, 0.6) is 0 Å². The van der Waals surface area contributed by atoms with Gasteiger partial charge in [0.1, 0.15) is 5.82 Å². The van der Waals surface area contributed by atoms with Crippen LogP contribution in [0.25, 0.3) is 0 Å². The summed E-state index contributed by atoms with van der Waals surface area (Å²) in [6, 6.07) is 10.8. The first-order chi connectivity index (χ1) is 9.85. The fraction of sp³-hybridized carbons (Fsp3) is 0.471. The number of hydrogen-bond acceptors (Lipinski definition) is 2. The van der Waals surface area contributed by atoms with E-state index in [2.05, 4.69) is 58.3 Å². The second-order valence-electron chi connectivity index (χ2n) is 5.24. The first-order valence-electron chi connectivity index (χ1n) is 7.54. The Balaban J connectivity index is 2.00. The molecule has 0 spiro atoms. The Morgan fingerprint density at radius 3 is 2.75 bits per heavy atom. The summed E-state index contributed by atoms with van der Waals surface area (Å²) >= 11 is 0. The van der Waals surface area contributed by atoms with E-state index in [1.807, 2.05) is 13.2 Å². The Morgan fingerprint density at radius 2 is 2.05 bits per heavy atom. The second-order valence-corrected chi connectivity index (χ2v) is 5.24. The number of likely N-dealkylation sites (N-methyl/N-ethyl adjacent to an activating group) is 1. The Labute approximate surface area is 122 Å². The molecule has 1 aromatic carbocycles. The minimum atomic E-state index is 0.549. The number of imidazole rings is 1. The average Bonchev–Trinajstić information content (AvgIpc) is 2.92. The standard InChI is InChI=1S/C17H25N3/c1-3-12-20-13-11-19-17(20)10-9-16(14-18-2)15-7-5-4-6-8-15/h4-8,11,13,16,18H,3,9-10,12,14H2,1-2H3. The summed E-state index contributed by atoms with van der Waals surface area (Å²) in [4.78, 5) is 4.50. The molecule has 0 aliphatic carbocycles. The topological polar surface area (TPSA) is 29.9 Å². The van der Waals surface area contributed by atoms with E-state index >= 15 is 0 Å². The van der Waals surface area contributed by atoms with Crippen LogP contribution in [0.3, 0.4) is 0 Å². The van der Waals surface area contributed by atoms with Crippen LogP contribution in [0, 0.1) is 0 Å². The van der Waals surface area contributed by atoms with Crippen LogP contribution in [-0.2, 0) is 13.0 Å². The van der Waals surface area contributed by atoms with E-state index in [1.54, 1.807) is 0 Å². The van der Waals surface area contributed by atoms with E-state index < -0.39 is 0 Å². The summed E-state index contributed by atoms with van der Waals surface area (Å²) in [6.45, 7) is 4.29. The van der Waals surface area contributed by atoms with Crippen LogP contribution < -0.4 is 5.32 Å². The SMILES string of the molecule is CCCn1ccnc1CCC(CNC)c1ccccc1. The Morgan fingerprint density at radius 1 is 1.25 bits per heavy atom. The molecule has 1 heterocycles. The molecule has 3 heteroatoms. The molecular weight excluding hydrogens is 246 g/mol. The first kappa shape index (κ1) is 14.8. The van der Waals surface area contributed by atoms with Crippen molar-refractivity contribution in [3.63, 3.8) is 0 Å². The predicted octanol–water partition coefficient (Wildman–Crippen LogP) is 3.23. The van der Waals surface area contributed by atoms with Gasteiger partial charge in [-0.05, 0) is 31.4 Å².